The van der Waals surface area contributed by atoms with Gasteiger partial charge in [0.05, 0.1) is 17.8 Å². The summed E-state index contributed by atoms with van der Waals surface area (Å²) >= 11 is 3.22. The molecule has 94 valence electrons. The van der Waals surface area contributed by atoms with Gasteiger partial charge < -0.3 is 14.8 Å². The molecular formula is C12H9BrFNO3. The molecule has 6 heteroatoms. The summed E-state index contributed by atoms with van der Waals surface area (Å²) in [6.45, 7) is 0.201. The Morgan fingerprint density at radius 2 is 2.28 bits per heavy atom. The van der Waals surface area contributed by atoms with E-state index in [4.69, 9.17) is 9.52 Å². The number of carboxylic acids is 1. The zero-order valence-electron chi connectivity index (χ0n) is 9.11. The SMILES string of the molecule is O=C(O)c1coc(CNc2c(F)cccc2Br)c1. The lowest BCUT2D eigenvalue weighted by molar-refractivity contribution is 0.0696. The number of carboxylic acid groups (broad SMARTS) is 1. The monoisotopic (exact) mass is 313 g/mol. The Labute approximate surface area is 111 Å². The molecule has 2 rings (SSSR count). The zero-order chi connectivity index (χ0) is 13.1. The second-order valence-electron chi connectivity index (χ2n) is 3.56. The minimum Gasteiger partial charge on any atom is -0.478 e. The Kier molecular flexibility index (Phi) is 3.66. The molecule has 1 heterocycles. The molecule has 2 aromatic rings. The second kappa shape index (κ2) is 5.22. The summed E-state index contributed by atoms with van der Waals surface area (Å²) in [5.41, 5.74) is 0.380. The average molecular weight is 314 g/mol. The highest BCUT2D eigenvalue weighted by molar-refractivity contribution is 9.10. The van der Waals surface area contributed by atoms with Crippen LogP contribution < -0.4 is 5.32 Å². The van der Waals surface area contributed by atoms with Gasteiger partial charge in [-0.3, -0.25) is 0 Å². The van der Waals surface area contributed by atoms with Gasteiger partial charge in [-0.15, -0.1) is 0 Å². The molecule has 1 aromatic carbocycles. The first-order chi connectivity index (χ1) is 8.58. The standard InChI is InChI=1S/C12H9BrFNO3/c13-9-2-1-3-10(14)11(9)15-5-8-4-7(6-18-8)12(16)17/h1-4,6,15H,5H2,(H,16,17). The quantitative estimate of drug-likeness (QED) is 0.907. The number of anilines is 1. The number of hydrogen-bond donors (Lipinski definition) is 2. The van der Waals surface area contributed by atoms with Crippen molar-refractivity contribution in [1.29, 1.82) is 0 Å². The third-order valence-corrected chi connectivity index (χ3v) is 2.96. The van der Waals surface area contributed by atoms with Crippen LogP contribution in [0.5, 0.6) is 0 Å². The Balaban J connectivity index is 2.09. The van der Waals surface area contributed by atoms with Gasteiger partial charge in [-0.05, 0) is 34.1 Å². The lowest BCUT2D eigenvalue weighted by atomic mass is 10.3. The molecule has 0 aliphatic rings. The van der Waals surface area contributed by atoms with E-state index in [1.165, 1.54) is 12.1 Å². The van der Waals surface area contributed by atoms with E-state index in [2.05, 4.69) is 21.2 Å². The van der Waals surface area contributed by atoms with Crippen molar-refractivity contribution in [2.75, 3.05) is 5.32 Å². The summed E-state index contributed by atoms with van der Waals surface area (Å²) in [6, 6.07) is 6.01. The van der Waals surface area contributed by atoms with Crippen LogP contribution in [0.15, 0.2) is 39.4 Å². The van der Waals surface area contributed by atoms with Crippen LogP contribution in [0, 0.1) is 5.82 Å². The third-order valence-electron chi connectivity index (χ3n) is 2.30. The van der Waals surface area contributed by atoms with Crippen LogP contribution in [0.2, 0.25) is 0 Å². The number of aromatic carboxylic acids is 1. The summed E-state index contributed by atoms with van der Waals surface area (Å²) in [7, 11) is 0. The van der Waals surface area contributed by atoms with E-state index >= 15 is 0 Å². The van der Waals surface area contributed by atoms with Crippen molar-refractivity contribution in [3.05, 3.63) is 52.1 Å². The van der Waals surface area contributed by atoms with Crippen molar-refractivity contribution in [3.8, 4) is 0 Å². The summed E-state index contributed by atoms with van der Waals surface area (Å²) in [5.74, 6) is -1.03. The van der Waals surface area contributed by atoms with E-state index < -0.39 is 11.8 Å². The van der Waals surface area contributed by atoms with Crippen LogP contribution >= 0.6 is 15.9 Å². The van der Waals surface area contributed by atoms with Crippen molar-refractivity contribution >= 4 is 27.6 Å². The maximum absolute atomic E-state index is 13.5. The molecule has 0 spiro atoms. The molecule has 0 radical (unpaired) electrons. The first kappa shape index (κ1) is 12.6. The zero-order valence-corrected chi connectivity index (χ0v) is 10.7. The Morgan fingerprint density at radius 1 is 1.50 bits per heavy atom. The molecule has 0 aliphatic carbocycles. The highest BCUT2D eigenvalue weighted by atomic mass is 79.9. The van der Waals surface area contributed by atoms with E-state index in [1.807, 2.05) is 0 Å². The van der Waals surface area contributed by atoms with Gasteiger partial charge in [0.15, 0.2) is 0 Å². The first-order valence-electron chi connectivity index (χ1n) is 5.06. The smallest absolute Gasteiger partial charge is 0.338 e. The van der Waals surface area contributed by atoms with Gasteiger partial charge in [0.2, 0.25) is 0 Å². The van der Waals surface area contributed by atoms with Crippen LogP contribution in [0.25, 0.3) is 0 Å². The maximum atomic E-state index is 13.5. The molecule has 0 atom stereocenters. The maximum Gasteiger partial charge on any atom is 0.338 e. The fourth-order valence-electron chi connectivity index (χ4n) is 1.43. The lowest BCUT2D eigenvalue weighted by Gasteiger charge is -2.07. The molecule has 0 saturated heterocycles. The number of halogens is 2. The third kappa shape index (κ3) is 2.70. The van der Waals surface area contributed by atoms with Crippen LogP contribution in [0.3, 0.4) is 0 Å². The number of nitrogens with one attached hydrogen (secondary N) is 1. The van der Waals surface area contributed by atoms with Crippen molar-refractivity contribution in [3.63, 3.8) is 0 Å². The minimum absolute atomic E-state index is 0.0689. The average Bonchev–Trinajstić information content (AvgIpc) is 2.77. The molecule has 0 fully saturated rings. The molecule has 4 nitrogen and oxygen atoms in total. The van der Waals surface area contributed by atoms with Crippen LogP contribution in [0.4, 0.5) is 10.1 Å². The molecule has 18 heavy (non-hydrogen) atoms. The fraction of sp³-hybridized carbons (Fsp3) is 0.0833. The number of benzene rings is 1. The van der Waals surface area contributed by atoms with E-state index in [-0.39, 0.29) is 12.1 Å². The normalized spacial score (nSPS) is 10.3. The molecule has 0 bridgehead atoms. The minimum atomic E-state index is -1.06. The van der Waals surface area contributed by atoms with E-state index in [0.29, 0.717) is 15.9 Å². The van der Waals surface area contributed by atoms with Gasteiger partial charge in [0.1, 0.15) is 17.8 Å². The lowest BCUT2D eigenvalue weighted by Crippen LogP contribution is -2.01. The number of carbonyl (C=O) groups is 1. The number of hydrogen-bond acceptors (Lipinski definition) is 3. The van der Waals surface area contributed by atoms with Gasteiger partial charge in [-0.2, -0.15) is 0 Å². The van der Waals surface area contributed by atoms with Gasteiger partial charge in [0, 0.05) is 4.47 Å². The molecule has 0 saturated carbocycles. The highest BCUT2D eigenvalue weighted by Gasteiger charge is 2.10. The molecule has 2 N–H and O–H groups in total. The predicted octanol–water partition coefficient (Wildman–Crippen LogP) is 3.49. The second-order valence-corrected chi connectivity index (χ2v) is 4.41. The molecule has 0 aliphatic heterocycles. The molecule has 0 amide bonds. The van der Waals surface area contributed by atoms with Gasteiger partial charge in [-0.25, -0.2) is 9.18 Å². The Hall–Kier alpha value is -1.82. The van der Waals surface area contributed by atoms with Gasteiger partial charge >= 0.3 is 5.97 Å². The van der Waals surface area contributed by atoms with Crippen LogP contribution in [-0.2, 0) is 6.54 Å². The first-order valence-corrected chi connectivity index (χ1v) is 5.86. The van der Waals surface area contributed by atoms with Crippen LogP contribution in [-0.4, -0.2) is 11.1 Å². The molecule has 0 unspecified atom stereocenters. The van der Waals surface area contributed by atoms with Crippen LogP contribution in [0.1, 0.15) is 16.1 Å². The number of rotatable bonds is 4. The number of para-hydroxylation sites is 1. The Morgan fingerprint density at radius 3 is 2.89 bits per heavy atom. The summed E-state index contributed by atoms with van der Waals surface area (Å²) < 4.78 is 19.1. The summed E-state index contributed by atoms with van der Waals surface area (Å²) in [4.78, 5) is 10.6. The van der Waals surface area contributed by atoms with Gasteiger partial charge in [-0.1, -0.05) is 6.07 Å². The van der Waals surface area contributed by atoms with E-state index in [1.54, 1.807) is 12.1 Å². The summed E-state index contributed by atoms with van der Waals surface area (Å²) in [5, 5.41) is 11.6. The van der Waals surface area contributed by atoms with Crippen molar-refractivity contribution < 1.29 is 18.7 Å². The van der Waals surface area contributed by atoms with Crippen molar-refractivity contribution in [2.24, 2.45) is 0 Å². The Bertz CT molecular complexity index is 562. The summed E-state index contributed by atoms with van der Waals surface area (Å²) in [6.07, 6.45) is 1.15. The highest BCUT2D eigenvalue weighted by Crippen LogP contribution is 2.25. The molecule has 1 aromatic heterocycles. The molecular weight excluding hydrogens is 305 g/mol. The number of furan rings is 1. The fourth-order valence-corrected chi connectivity index (χ4v) is 1.91. The predicted molar refractivity (Wildman–Crippen MR) is 67.1 cm³/mol. The van der Waals surface area contributed by atoms with E-state index in [9.17, 15) is 9.18 Å². The van der Waals surface area contributed by atoms with Crippen molar-refractivity contribution in [1.82, 2.24) is 0 Å². The largest absolute Gasteiger partial charge is 0.478 e. The topological polar surface area (TPSA) is 62.5 Å². The van der Waals surface area contributed by atoms with Gasteiger partial charge in [0.25, 0.3) is 0 Å². The van der Waals surface area contributed by atoms with E-state index in [0.717, 1.165) is 6.26 Å². The van der Waals surface area contributed by atoms with Crippen molar-refractivity contribution in [2.45, 2.75) is 6.54 Å².